The highest BCUT2D eigenvalue weighted by atomic mass is 16.6. The van der Waals surface area contributed by atoms with Crippen molar-refractivity contribution in [2.24, 2.45) is 107 Å². The van der Waals surface area contributed by atoms with Crippen LogP contribution in [-0.4, -0.2) is 66.5 Å². The maximum Gasteiger partial charge on any atom is 0.423 e. The summed E-state index contributed by atoms with van der Waals surface area (Å²) in [6, 6.07) is 22.1. The molecule has 834 valence electrons. The summed E-state index contributed by atoms with van der Waals surface area (Å²) in [6.45, 7) is 52.9. The molecule has 0 bridgehead atoms. The first-order valence-corrected chi connectivity index (χ1v) is 60.0. The molecule has 6 aliphatic rings. The maximum atomic E-state index is 13.8. The second kappa shape index (κ2) is 59.6. The summed E-state index contributed by atoms with van der Waals surface area (Å²) in [5.74, 6) is 2.85. The van der Waals surface area contributed by atoms with Gasteiger partial charge < -0.3 is 59.1 Å². The van der Waals surface area contributed by atoms with Gasteiger partial charge in [-0.1, -0.05) is 282 Å². The number of carbonyl (C=O) groups excluding carboxylic acids is 6. The van der Waals surface area contributed by atoms with E-state index in [9.17, 15) is 59.4 Å². The van der Waals surface area contributed by atoms with Crippen molar-refractivity contribution in [3.8, 4) is 69.0 Å². The summed E-state index contributed by atoms with van der Waals surface area (Å²) in [7, 11) is 0. The Bertz CT molecular complexity index is 4470. The Hall–Kier alpha value is -9.06. The van der Waals surface area contributed by atoms with E-state index < -0.39 is 35.8 Å². The Morgan fingerprint density at radius 3 is 0.453 bits per heavy atom. The van der Waals surface area contributed by atoms with Crippen molar-refractivity contribution in [2.45, 2.75) is 471 Å². The monoisotopic (exact) mass is 2070 g/mol. The fraction of sp³-hybridized carbons (Fsp3) is 0.682. The normalized spacial score (nSPS) is 24.0. The zero-order chi connectivity index (χ0) is 110. The minimum Gasteiger partial charge on any atom is -0.508 e. The Labute approximate surface area is 904 Å². The molecule has 12 rings (SSSR count). The summed E-state index contributed by atoms with van der Waals surface area (Å²) in [6.07, 6.45) is 41.3. The number of rotatable bonds is 42. The predicted molar refractivity (Wildman–Crippen MR) is 606 cm³/mol. The van der Waals surface area contributed by atoms with Crippen LogP contribution in [0.1, 0.15) is 500 Å². The van der Waals surface area contributed by atoms with Crippen molar-refractivity contribution in [1.82, 2.24) is 0 Å². The van der Waals surface area contributed by atoms with Crippen LogP contribution >= 0.6 is 0 Å². The lowest BCUT2D eigenvalue weighted by molar-refractivity contribution is -0.156. The molecule has 0 aromatic heterocycles. The third-order valence-electron chi connectivity index (χ3n) is 35.6. The lowest BCUT2D eigenvalue weighted by atomic mass is 9.67. The summed E-state index contributed by atoms with van der Waals surface area (Å²) in [5.41, 5.74) is 9.09. The minimum absolute atomic E-state index is 0.00636. The Morgan fingerprint density at radius 1 is 0.213 bits per heavy atom. The number of carbonyl (C=O) groups is 6. The van der Waals surface area contributed by atoms with Gasteiger partial charge in [0.15, 0.2) is 0 Å². The molecule has 18 nitrogen and oxygen atoms in total. The highest BCUT2D eigenvalue weighted by molar-refractivity contribution is 6.32. The van der Waals surface area contributed by atoms with Crippen molar-refractivity contribution >= 4 is 35.8 Å². The molecule has 6 saturated carbocycles. The number of phenolic OH excluding ortho intramolecular Hbond substituents is 6. The number of unbranched alkanes of at least 4 members (excludes halogenated alkanes) is 12. The molecule has 6 aromatic carbocycles. The van der Waals surface area contributed by atoms with Crippen LogP contribution in [0.2, 0.25) is 0 Å². The summed E-state index contributed by atoms with van der Waals surface area (Å²) >= 11 is 0. The fourth-order valence-electron chi connectivity index (χ4n) is 27.1. The quantitative estimate of drug-likeness (QED) is 0.00899. The van der Waals surface area contributed by atoms with Crippen molar-refractivity contribution in [3.63, 3.8) is 0 Å². The largest absolute Gasteiger partial charge is 0.508 e. The number of esters is 6. The Kier molecular flexibility index (Phi) is 48.8. The van der Waals surface area contributed by atoms with Gasteiger partial charge in [-0.15, -0.1) is 0 Å². The van der Waals surface area contributed by atoms with E-state index in [-0.39, 0.29) is 105 Å². The number of benzene rings is 6. The van der Waals surface area contributed by atoms with Crippen molar-refractivity contribution in [2.75, 3.05) is 0 Å². The van der Waals surface area contributed by atoms with Gasteiger partial charge in [0.05, 0.1) is 0 Å². The van der Waals surface area contributed by atoms with Crippen LogP contribution in [0.25, 0.3) is 0 Å². The minimum atomic E-state index is -1.11. The van der Waals surface area contributed by atoms with Gasteiger partial charge in [-0.2, -0.15) is 0 Å². The van der Waals surface area contributed by atoms with E-state index in [0.717, 1.165) is 303 Å². The van der Waals surface area contributed by atoms with Crippen LogP contribution in [0.3, 0.4) is 0 Å². The van der Waals surface area contributed by atoms with E-state index in [1.54, 1.807) is 0 Å². The number of phenols is 6. The zero-order valence-corrected chi connectivity index (χ0v) is 97.1. The van der Waals surface area contributed by atoms with Gasteiger partial charge in [-0.3, -0.25) is 0 Å². The molecule has 0 heterocycles. The van der Waals surface area contributed by atoms with Crippen molar-refractivity contribution in [3.05, 3.63) is 140 Å². The maximum absolute atomic E-state index is 13.8. The predicted octanol–water partition coefficient (Wildman–Crippen LogP) is 34.3. The highest BCUT2D eigenvalue weighted by Gasteiger charge is 2.45. The van der Waals surface area contributed by atoms with Gasteiger partial charge in [-0.25, -0.2) is 28.8 Å². The van der Waals surface area contributed by atoms with Gasteiger partial charge in [0.25, 0.3) is 0 Å². The van der Waals surface area contributed by atoms with Gasteiger partial charge in [0.1, 0.15) is 69.0 Å². The molecule has 0 radical (unpaired) electrons. The average Bonchev–Trinajstić information content (AvgIpc) is 0.791. The van der Waals surface area contributed by atoms with Crippen molar-refractivity contribution < 1.29 is 87.8 Å². The van der Waals surface area contributed by atoms with Gasteiger partial charge in [0, 0.05) is 33.4 Å². The molecule has 0 spiro atoms. The van der Waals surface area contributed by atoms with E-state index >= 15 is 0 Å². The van der Waals surface area contributed by atoms with E-state index in [0.29, 0.717) is 140 Å². The highest BCUT2D eigenvalue weighted by Crippen LogP contribution is 2.58. The number of hydrogen-bond acceptors (Lipinski definition) is 18. The standard InChI is InChI=1S/3C44H66O6/c3*1-9-11-13-15-31-23-37(45)41(35-21-29(7)17-19-33(35)27(3)4)39(25-31)49-43(47)44(48)50-40-26-32(16-14-12-10-2)24-38(46)42(40)36-22-30(8)18-20-34(36)28(5)6/h3*23-30,33-36,45-46H,9-22H2,1-8H3/t29-,30+,33-,34-,35+,36+;29-,30-,33+,34+,35-,36-;29-,30-,33-,34-,35+,36+/m010/s1. The van der Waals surface area contributed by atoms with Crippen molar-refractivity contribution in [1.29, 1.82) is 0 Å². The third kappa shape index (κ3) is 34.0. The van der Waals surface area contributed by atoms with Gasteiger partial charge >= 0.3 is 35.8 Å². The second-order valence-corrected chi connectivity index (χ2v) is 49.8. The van der Waals surface area contributed by atoms with E-state index in [4.69, 9.17) is 28.4 Å². The van der Waals surface area contributed by atoms with E-state index in [2.05, 4.69) is 166 Å². The number of ether oxygens (including phenoxy) is 6. The molecule has 6 aromatic rings. The molecular weight excluding hydrogens is 1870 g/mol. The molecule has 0 amide bonds. The summed E-state index contributed by atoms with van der Waals surface area (Å²) in [4.78, 5) is 82.6. The molecule has 150 heavy (non-hydrogen) atoms. The van der Waals surface area contributed by atoms with E-state index in [1.807, 2.05) is 72.8 Å². The lowest BCUT2D eigenvalue weighted by Gasteiger charge is -2.38. The average molecular weight is 2070 g/mol. The first kappa shape index (κ1) is 123. The number of hydrogen-bond donors (Lipinski definition) is 6. The Morgan fingerprint density at radius 2 is 0.340 bits per heavy atom. The molecule has 6 aliphatic carbocycles. The lowest BCUT2D eigenvalue weighted by Crippen LogP contribution is -2.30. The number of aryl methyl sites for hydroxylation is 6. The number of aromatic hydroxyl groups is 6. The molecular formula is C132H198O18. The molecule has 18 atom stereocenters. The molecule has 0 unspecified atom stereocenters. The molecule has 0 aliphatic heterocycles. The van der Waals surface area contributed by atoms with Crippen LogP contribution in [0.5, 0.6) is 69.0 Å². The topological polar surface area (TPSA) is 279 Å². The van der Waals surface area contributed by atoms with Crippen LogP contribution in [0.4, 0.5) is 0 Å². The molecule has 6 fully saturated rings. The van der Waals surface area contributed by atoms with E-state index in [1.165, 1.54) is 0 Å². The molecule has 18 heteroatoms. The summed E-state index contributed by atoms with van der Waals surface area (Å²) < 4.78 is 35.9. The zero-order valence-electron chi connectivity index (χ0n) is 97.1. The van der Waals surface area contributed by atoms with Gasteiger partial charge in [0.2, 0.25) is 0 Å². The first-order chi connectivity index (χ1) is 71.5. The van der Waals surface area contributed by atoms with Crippen LogP contribution in [0, 0.1) is 107 Å². The fourth-order valence-corrected chi connectivity index (χ4v) is 27.1. The van der Waals surface area contributed by atoms with Gasteiger partial charge in [-0.05, 0) is 402 Å². The first-order valence-electron chi connectivity index (χ1n) is 60.0. The third-order valence-corrected chi connectivity index (χ3v) is 35.6. The van der Waals surface area contributed by atoms with Crippen LogP contribution in [0.15, 0.2) is 72.8 Å². The molecule has 0 saturated heterocycles. The summed E-state index contributed by atoms with van der Waals surface area (Å²) in [5, 5.41) is 69.2. The second-order valence-electron chi connectivity index (χ2n) is 49.8. The van der Waals surface area contributed by atoms with Crippen LogP contribution in [-0.2, 0) is 67.3 Å². The van der Waals surface area contributed by atoms with Crippen LogP contribution < -0.4 is 28.4 Å². The smallest absolute Gasteiger partial charge is 0.423 e. The SMILES string of the molecule is CCCCCc1cc(O)c([C@@H]2C[C@@H](C)CC[C@H]2C(C)C)c(OC(=O)C(=O)Oc2cc(CCCCC)cc(O)c2[C@@H]2C[C@@H](C)CC[C@H]2C(C)C)c1.CCCCCc1cc(O)c([C@@H]2C[C@H](C)CC[C@H]2C(C)C)c(OC(=O)C(=O)Oc2cc(CCCCC)cc(O)c2[C@@H]2C[C@@H](C)CC[C@H]2C(C)C)c1.CCCCCc1cc(O)c([C@@H]2C[C@H](C)CC[C@H]2C(C)C)c(OC(=O)C(=O)Oc2cc(CCCCC)cc(O)c2[C@@H]2C[C@H](C)CC[C@H]2C(C)C)c1. The Balaban J connectivity index is 0.000000230. The molecule has 6 N–H and O–H groups in total.